The monoisotopic (exact) mass is 478 g/mol. The van der Waals surface area contributed by atoms with Gasteiger partial charge in [-0.05, 0) is 65.2 Å². The van der Waals surface area contributed by atoms with E-state index in [9.17, 15) is 4.79 Å². The fraction of sp³-hybridized carbons (Fsp3) is 0.160. The van der Waals surface area contributed by atoms with E-state index in [-0.39, 0.29) is 17.6 Å². The first-order valence-electron chi connectivity index (χ1n) is 10.4. The maximum absolute atomic E-state index is 12.7. The summed E-state index contributed by atoms with van der Waals surface area (Å²) in [6.07, 6.45) is 1.06. The molecule has 0 radical (unpaired) electrons. The van der Waals surface area contributed by atoms with E-state index in [1.807, 2.05) is 66.7 Å². The van der Waals surface area contributed by atoms with Crippen molar-refractivity contribution < 1.29 is 9.53 Å². The zero-order valence-corrected chi connectivity index (χ0v) is 19.6. The Kier molecular flexibility index (Phi) is 7.65. The molecule has 0 aliphatic rings. The Hall–Kier alpha value is -3.29. The van der Waals surface area contributed by atoms with E-state index in [1.165, 1.54) is 17.3 Å². The smallest absolute Gasteiger partial charge is 0.243 e. The number of carbonyl (C=O) groups excluding carboxylic acids is 1. The molecule has 0 saturated carbocycles. The van der Waals surface area contributed by atoms with Crippen LogP contribution in [0, 0.1) is 0 Å². The van der Waals surface area contributed by atoms with Gasteiger partial charge in [0, 0.05) is 11.4 Å². The predicted molar refractivity (Wildman–Crippen MR) is 131 cm³/mol. The molecule has 6 nitrogen and oxygen atoms in total. The number of aryl methyl sites for hydroxylation is 2. The van der Waals surface area contributed by atoms with E-state index in [2.05, 4.69) is 27.5 Å². The molecule has 3 aromatic carbocycles. The standard InChI is InChI=1S/C25H23ClN4O2S/c1-32-20-11-7-10-19(16-20)17-23(31)27-21-12-5-6-13-22(21)33-25-28-24(26)29-30(25)15-14-18-8-3-2-4-9-18/h2-13,16H,14-15,17H2,1H3,(H,27,31). The first kappa shape index (κ1) is 22.9. The number of amides is 1. The lowest BCUT2D eigenvalue weighted by atomic mass is 10.1. The molecule has 1 N–H and O–H groups in total. The first-order valence-corrected chi connectivity index (χ1v) is 11.6. The second kappa shape index (κ2) is 11.0. The summed E-state index contributed by atoms with van der Waals surface area (Å²) in [6.45, 7) is 0.649. The van der Waals surface area contributed by atoms with Crippen molar-refractivity contribution in [1.82, 2.24) is 14.8 Å². The van der Waals surface area contributed by atoms with Gasteiger partial charge in [0.05, 0.1) is 19.2 Å². The van der Waals surface area contributed by atoms with Crippen LogP contribution in [-0.2, 0) is 24.2 Å². The number of ether oxygens (including phenoxy) is 1. The maximum Gasteiger partial charge on any atom is 0.243 e. The third kappa shape index (κ3) is 6.37. The van der Waals surface area contributed by atoms with Gasteiger partial charge in [0.2, 0.25) is 11.2 Å². The minimum atomic E-state index is -0.111. The lowest BCUT2D eigenvalue weighted by molar-refractivity contribution is -0.115. The summed E-state index contributed by atoms with van der Waals surface area (Å²) in [5.41, 5.74) is 2.80. The normalized spacial score (nSPS) is 10.7. The van der Waals surface area contributed by atoms with Crippen LogP contribution in [0.3, 0.4) is 0 Å². The molecule has 4 aromatic rings. The molecule has 1 heterocycles. The summed E-state index contributed by atoms with van der Waals surface area (Å²) in [4.78, 5) is 17.9. The van der Waals surface area contributed by atoms with Crippen LogP contribution in [0.15, 0.2) is 88.9 Å². The van der Waals surface area contributed by atoms with Gasteiger partial charge >= 0.3 is 0 Å². The van der Waals surface area contributed by atoms with Crippen LogP contribution in [0.4, 0.5) is 5.69 Å². The molecular formula is C25H23ClN4O2S. The fourth-order valence-corrected chi connectivity index (χ4v) is 4.49. The third-order valence-electron chi connectivity index (χ3n) is 4.93. The van der Waals surface area contributed by atoms with Crippen molar-refractivity contribution in [2.45, 2.75) is 29.4 Å². The lowest BCUT2D eigenvalue weighted by Gasteiger charge is -2.11. The van der Waals surface area contributed by atoms with Gasteiger partial charge in [0.15, 0.2) is 5.16 Å². The van der Waals surface area contributed by atoms with Gasteiger partial charge in [0.1, 0.15) is 5.75 Å². The number of nitrogens with one attached hydrogen (secondary N) is 1. The van der Waals surface area contributed by atoms with Crippen molar-refractivity contribution in [1.29, 1.82) is 0 Å². The largest absolute Gasteiger partial charge is 0.497 e. The van der Waals surface area contributed by atoms with Crippen molar-refractivity contribution in [3.05, 3.63) is 95.3 Å². The van der Waals surface area contributed by atoms with E-state index in [0.717, 1.165) is 22.6 Å². The molecule has 4 rings (SSSR count). The Bertz CT molecular complexity index is 1230. The number of methoxy groups -OCH3 is 1. The van der Waals surface area contributed by atoms with Gasteiger partial charge in [-0.1, -0.05) is 54.6 Å². The fourth-order valence-electron chi connectivity index (χ4n) is 3.32. The highest BCUT2D eigenvalue weighted by atomic mass is 35.5. The topological polar surface area (TPSA) is 69.0 Å². The van der Waals surface area contributed by atoms with Crippen LogP contribution in [0.25, 0.3) is 0 Å². The molecule has 1 aromatic heterocycles. The molecule has 0 aliphatic carbocycles. The zero-order chi connectivity index (χ0) is 23.0. The van der Waals surface area contributed by atoms with Crippen molar-refractivity contribution in [2.75, 3.05) is 12.4 Å². The quantitative estimate of drug-likeness (QED) is 0.343. The SMILES string of the molecule is COc1cccc(CC(=O)Nc2ccccc2Sc2nc(Cl)nn2CCc2ccccc2)c1. The van der Waals surface area contributed by atoms with Gasteiger partial charge in [-0.15, -0.1) is 5.10 Å². The molecule has 0 unspecified atom stereocenters. The van der Waals surface area contributed by atoms with E-state index in [1.54, 1.807) is 11.8 Å². The second-order valence-electron chi connectivity index (χ2n) is 7.30. The first-order chi connectivity index (χ1) is 16.1. The van der Waals surface area contributed by atoms with E-state index in [0.29, 0.717) is 17.4 Å². The van der Waals surface area contributed by atoms with E-state index < -0.39 is 0 Å². The van der Waals surface area contributed by atoms with Gasteiger partial charge in [-0.3, -0.25) is 4.79 Å². The van der Waals surface area contributed by atoms with Crippen LogP contribution in [0.5, 0.6) is 5.75 Å². The lowest BCUT2D eigenvalue weighted by Crippen LogP contribution is -2.15. The Morgan fingerprint density at radius 3 is 2.61 bits per heavy atom. The van der Waals surface area contributed by atoms with Crippen LogP contribution < -0.4 is 10.1 Å². The molecule has 0 spiro atoms. The number of benzene rings is 3. The number of nitrogens with zero attached hydrogens (tertiary/aromatic N) is 3. The number of carbonyl (C=O) groups is 1. The summed E-state index contributed by atoms with van der Waals surface area (Å²) in [7, 11) is 1.61. The minimum absolute atomic E-state index is 0.111. The number of hydrogen-bond acceptors (Lipinski definition) is 5. The van der Waals surface area contributed by atoms with Crippen LogP contribution in [0.2, 0.25) is 5.28 Å². The maximum atomic E-state index is 12.7. The molecule has 0 fully saturated rings. The number of para-hydroxylation sites is 1. The number of rotatable bonds is 9. The minimum Gasteiger partial charge on any atom is -0.497 e. The highest BCUT2D eigenvalue weighted by molar-refractivity contribution is 7.99. The molecule has 33 heavy (non-hydrogen) atoms. The Morgan fingerprint density at radius 1 is 1.03 bits per heavy atom. The second-order valence-corrected chi connectivity index (χ2v) is 8.64. The summed E-state index contributed by atoms with van der Waals surface area (Å²) in [5.74, 6) is 0.614. The highest BCUT2D eigenvalue weighted by Crippen LogP contribution is 2.33. The number of aromatic nitrogens is 3. The average molecular weight is 479 g/mol. The number of anilines is 1. The van der Waals surface area contributed by atoms with Gasteiger partial charge in [-0.25, -0.2) is 4.68 Å². The van der Waals surface area contributed by atoms with Gasteiger partial charge in [-0.2, -0.15) is 4.98 Å². The summed E-state index contributed by atoms with van der Waals surface area (Å²) >= 11 is 7.54. The number of halogens is 1. The van der Waals surface area contributed by atoms with Crippen LogP contribution in [0.1, 0.15) is 11.1 Å². The van der Waals surface area contributed by atoms with Crippen molar-refractivity contribution in [3.8, 4) is 5.75 Å². The molecule has 0 saturated heterocycles. The van der Waals surface area contributed by atoms with Gasteiger partial charge in [0.25, 0.3) is 0 Å². The Labute approximate surface area is 202 Å². The third-order valence-corrected chi connectivity index (χ3v) is 6.15. The van der Waals surface area contributed by atoms with Gasteiger partial charge < -0.3 is 10.1 Å². The molecule has 0 aliphatic heterocycles. The van der Waals surface area contributed by atoms with E-state index >= 15 is 0 Å². The Balaban J connectivity index is 1.46. The molecule has 0 atom stereocenters. The molecular weight excluding hydrogens is 456 g/mol. The summed E-state index contributed by atoms with van der Waals surface area (Å²) in [6, 6.07) is 25.3. The van der Waals surface area contributed by atoms with Crippen LogP contribution in [-0.4, -0.2) is 27.8 Å². The molecule has 0 bridgehead atoms. The highest BCUT2D eigenvalue weighted by Gasteiger charge is 2.14. The van der Waals surface area contributed by atoms with Crippen molar-refractivity contribution in [2.24, 2.45) is 0 Å². The van der Waals surface area contributed by atoms with Crippen molar-refractivity contribution >= 4 is 35.0 Å². The van der Waals surface area contributed by atoms with Crippen molar-refractivity contribution in [3.63, 3.8) is 0 Å². The summed E-state index contributed by atoms with van der Waals surface area (Å²) < 4.78 is 7.04. The predicted octanol–water partition coefficient (Wildman–Crippen LogP) is 5.52. The Morgan fingerprint density at radius 2 is 1.79 bits per heavy atom. The molecule has 1 amide bonds. The zero-order valence-electron chi connectivity index (χ0n) is 18.1. The number of hydrogen-bond donors (Lipinski definition) is 1. The average Bonchev–Trinajstić information content (AvgIpc) is 3.18. The van der Waals surface area contributed by atoms with E-state index in [4.69, 9.17) is 16.3 Å². The molecule has 168 valence electrons. The molecule has 8 heteroatoms. The van der Waals surface area contributed by atoms with Crippen LogP contribution >= 0.6 is 23.4 Å². The summed E-state index contributed by atoms with van der Waals surface area (Å²) in [5, 5.41) is 8.22.